The first kappa shape index (κ1) is 12.7. The highest BCUT2D eigenvalue weighted by Crippen LogP contribution is 2.19. The minimum absolute atomic E-state index is 0.0904. The van der Waals surface area contributed by atoms with Gasteiger partial charge in [0.05, 0.1) is 12.7 Å². The fraction of sp³-hybridized carbons (Fsp3) is 0.333. The molecule has 0 atom stereocenters. The second-order valence-corrected chi connectivity index (χ2v) is 3.51. The highest BCUT2D eigenvalue weighted by atomic mass is 35.5. The Balaban J connectivity index is 3.37. The summed E-state index contributed by atoms with van der Waals surface area (Å²) in [5, 5.41) is 0. The molecule has 86 valence electrons. The molecule has 3 nitrogen and oxygen atoms in total. The number of ether oxygens (including phenoxy) is 1. The van der Waals surface area contributed by atoms with Crippen LogP contribution in [0.3, 0.4) is 0 Å². The summed E-state index contributed by atoms with van der Waals surface area (Å²) >= 11 is 5.73. The number of carbonyl (C=O) groups is 2. The minimum atomic E-state index is -0.520. The highest BCUT2D eigenvalue weighted by molar-refractivity contribution is 6.18. The smallest absolute Gasteiger partial charge is 0.338 e. The van der Waals surface area contributed by atoms with Gasteiger partial charge in [-0.05, 0) is 5.56 Å². The lowest BCUT2D eigenvalue weighted by Gasteiger charge is -2.09. The lowest BCUT2D eigenvalue weighted by Crippen LogP contribution is -2.12. The van der Waals surface area contributed by atoms with Gasteiger partial charge in [-0.3, -0.25) is 4.79 Å². The number of alkyl halides is 1. The van der Waals surface area contributed by atoms with Crippen molar-refractivity contribution in [3.05, 3.63) is 34.9 Å². The summed E-state index contributed by atoms with van der Waals surface area (Å²) in [5.41, 5.74) is 1.28. The second-order valence-electron chi connectivity index (χ2n) is 3.24. The van der Waals surface area contributed by atoms with E-state index in [0.717, 1.165) is 0 Å². The van der Waals surface area contributed by atoms with Crippen LogP contribution in [0.25, 0.3) is 0 Å². The van der Waals surface area contributed by atoms with Gasteiger partial charge in [0.2, 0.25) is 0 Å². The third-order valence-corrected chi connectivity index (χ3v) is 2.59. The van der Waals surface area contributed by atoms with Crippen LogP contribution >= 0.6 is 11.6 Å². The molecule has 0 spiro atoms. The van der Waals surface area contributed by atoms with Gasteiger partial charge in [-0.2, -0.15) is 0 Å². The van der Waals surface area contributed by atoms with Crippen LogP contribution in [0, 0.1) is 0 Å². The van der Waals surface area contributed by atoms with Crippen molar-refractivity contribution >= 4 is 23.4 Å². The summed E-state index contributed by atoms with van der Waals surface area (Å²) in [6.07, 6.45) is 0.343. The first-order valence-electron chi connectivity index (χ1n) is 4.95. The number of benzene rings is 1. The number of carbonyl (C=O) groups excluding carboxylic acids is 2. The topological polar surface area (TPSA) is 43.4 Å². The van der Waals surface area contributed by atoms with Gasteiger partial charge >= 0.3 is 5.97 Å². The third kappa shape index (κ3) is 2.42. The van der Waals surface area contributed by atoms with E-state index in [1.807, 2.05) is 0 Å². The van der Waals surface area contributed by atoms with E-state index in [9.17, 15) is 9.59 Å². The van der Waals surface area contributed by atoms with Crippen LogP contribution in [0.5, 0.6) is 0 Å². The molecule has 0 unspecified atom stereocenters. The Morgan fingerprint density at radius 3 is 2.56 bits per heavy atom. The van der Waals surface area contributed by atoms with E-state index in [4.69, 9.17) is 11.6 Å². The zero-order valence-corrected chi connectivity index (χ0v) is 10.0. The number of Topliss-reactive ketones (excluding diaryl/α,β-unsaturated/α-hetero) is 1. The maximum absolute atomic E-state index is 11.7. The molecule has 0 aliphatic carbocycles. The van der Waals surface area contributed by atoms with Gasteiger partial charge in [-0.25, -0.2) is 4.79 Å². The Hall–Kier alpha value is -1.35. The number of ketones is 1. The first-order valence-corrected chi connectivity index (χ1v) is 5.48. The van der Waals surface area contributed by atoms with E-state index in [1.54, 1.807) is 25.1 Å². The fourth-order valence-electron chi connectivity index (χ4n) is 1.48. The number of methoxy groups -OCH3 is 1. The highest BCUT2D eigenvalue weighted by Gasteiger charge is 2.19. The Morgan fingerprint density at radius 2 is 2.06 bits per heavy atom. The van der Waals surface area contributed by atoms with E-state index in [-0.39, 0.29) is 17.2 Å². The van der Waals surface area contributed by atoms with E-state index >= 15 is 0 Å². The first-order chi connectivity index (χ1) is 7.65. The van der Waals surface area contributed by atoms with Gasteiger partial charge in [-0.15, -0.1) is 11.6 Å². The van der Waals surface area contributed by atoms with E-state index in [1.165, 1.54) is 7.11 Å². The molecule has 0 aliphatic rings. The van der Waals surface area contributed by atoms with Crippen molar-refractivity contribution in [2.75, 3.05) is 7.11 Å². The largest absolute Gasteiger partial charge is 0.465 e. The number of halogens is 1. The van der Waals surface area contributed by atoms with Crippen LogP contribution in [-0.4, -0.2) is 18.9 Å². The molecule has 1 rings (SSSR count). The third-order valence-electron chi connectivity index (χ3n) is 2.31. The fourth-order valence-corrected chi connectivity index (χ4v) is 1.70. The standard InChI is InChI=1S/C12H13ClO3/c1-3-10(14)9-6-4-5-8(7-13)11(9)12(15)16-2/h4-6H,3,7H2,1-2H3. The van der Waals surface area contributed by atoms with Crippen molar-refractivity contribution in [2.45, 2.75) is 19.2 Å². The summed E-state index contributed by atoms with van der Waals surface area (Å²) in [6, 6.07) is 5.05. The molecule has 0 amide bonds. The number of hydrogen-bond donors (Lipinski definition) is 0. The molecule has 0 fully saturated rings. The van der Waals surface area contributed by atoms with Crippen LogP contribution < -0.4 is 0 Å². The quantitative estimate of drug-likeness (QED) is 0.462. The number of hydrogen-bond acceptors (Lipinski definition) is 3. The van der Waals surface area contributed by atoms with Crippen LogP contribution in [0.1, 0.15) is 39.6 Å². The predicted octanol–water partition coefficient (Wildman–Crippen LogP) is 2.80. The maximum Gasteiger partial charge on any atom is 0.338 e. The average Bonchev–Trinajstić information content (AvgIpc) is 2.35. The summed E-state index contributed by atoms with van der Waals surface area (Å²) in [6.45, 7) is 1.75. The lowest BCUT2D eigenvalue weighted by atomic mass is 9.98. The Bertz CT molecular complexity index is 413. The van der Waals surface area contributed by atoms with Gasteiger partial charge in [0, 0.05) is 17.9 Å². The van der Waals surface area contributed by atoms with Gasteiger partial charge in [0.15, 0.2) is 5.78 Å². The van der Waals surface area contributed by atoms with Crippen LogP contribution in [0.2, 0.25) is 0 Å². The van der Waals surface area contributed by atoms with Crippen molar-refractivity contribution in [2.24, 2.45) is 0 Å². The van der Waals surface area contributed by atoms with E-state index < -0.39 is 5.97 Å². The van der Waals surface area contributed by atoms with Crippen LogP contribution in [0.4, 0.5) is 0 Å². The zero-order valence-electron chi connectivity index (χ0n) is 9.25. The molecule has 1 aromatic rings. The number of rotatable bonds is 4. The lowest BCUT2D eigenvalue weighted by molar-refractivity contribution is 0.0596. The molecular weight excluding hydrogens is 228 g/mol. The van der Waals surface area contributed by atoms with Gasteiger partial charge in [0.1, 0.15) is 0 Å². The van der Waals surface area contributed by atoms with Crippen molar-refractivity contribution in [1.29, 1.82) is 0 Å². The molecule has 0 aliphatic heterocycles. The van der Waals surface area contributed by atoms with Crippen LogP contribution in [-0.2, 0) is 10.6 Å². The second kappa shape index (κ2) is 5.66. The summed E-state index contributed by atoms with van der Waals surface area (Å²) < 4.78 is 4.66. The number of esters is 1. The van der Waals surface area contributed by atoms with Crippen molar-refractivity contribution in [1.82, 2.24) is 0 Å². The molecule has 16 heavy (non-hydrogen) atoms. The van der Waals surface area contributed by atoms with E-state index in [2.05, 4.69) is 4.74 Å². The summed E-state index contributed by atoms with van der Waals surface area (Å²) in [5.74, 6) is -0.435. The zero-order chi connectivity index (χ0) is 12.1. The molecule has 4 heteroatoms. The Labute approximate surface area is 99.4 Å². The average molecular weight is 241 g/mol. The van der Waals surface area contributed by atoms with Gasteiger partial charge in [-0.1, -0.05) is 25.1 Å². The summed E-state index contributed by atoms with van der Waals surface area (Å²) in [4.78, 5) is 23.3. The maximum atomic E-state index is 11.7. The van der Waals surface area contributed by atoms with Gasteiger partial charge < -0.3 is 4.74 Å². The molecule has 0 N–H and O–H groups in total. The monoisotopic (exact) mass is 240 g/mol. The predicted molar refractivity (Wildman–Crippen MR) is 62.0 cm³/mol. The molecule has 0 bridgehead atoms. The SMILES string of the molecule is CCC(=O)c1cccc(CCl)c1C(=O)OC. The molecular formula is C12H13ClO3. The van der Waals surface area contributed by atoms with Crippen LogP contribution in [0.15, 0.2) is 18.2 Å². The molecule has 0 saturated carbocycles. The van der Waals surface area contributed by atoms with Crippen molar-refractivity contribution in [3.8, 4) is 0 Å². The van der Waals surface area contributed by atoms with Crippen molar-refractivity contribution in [3.63, 3.8) is 0 Å². The Kier molecular flexibility index (Phi) is 4.50. The molecule has 0 saturated heterocycles. The van der Waals surface area contributed by atoms with Crippen molar-refractivity contribution < 1.29 is 14.3 Å². The molecule has 0 radical (unpaired) electrons. The molecule has 1 aromatic carbocycles. The molecule has 0 aromatic heterocycles. The van der Waals surface area contributed by atoms with Gasteiger partial charge in [0.25, 0.3) is 0 Å². The minimum Gasteiger partial charge on any atom is -0.465 e. The normalized spacial score (nSPS) is 9.94. The Morgan fingerprint density at radius 1 is 1.38 bits per heavy atom. The molecule has 0 heterocycles. The van der Waals surface area contributed by atoms with E-state index in [0.29, 0.717) is 17.5 Å². The summed E-state index contributed by atoms with van der Waals surface area (Å²) in [7, 11) is 1.29.